The van der Waals surface area contributed by atoms with E-state index in [0.29, 0.717) is 11.8 Å². The minimum Gasteiger partial charge on any atom is -0.508 e. The molecule has 1 heterocycles. The Labute approximate surface area is 119 Å². The third-order valence-electron chi connectivity index (χ3n) is 4.20. The SMILES string of the molecule is CC(NC1CCCc2c1cnn2C)c1cccc(O)c1. The van der Waals surface area contributed by atoms with Gasteiger partial charge in [0.25, 0.3) is 0 Å². The molecule has 106 valence electrons. The molecule has 2 aromatic rings. The Hall–Kier alpha value is -1.81. The average Bonchev–Trinajstić information content (AvgIpc) is 2.82. The minimum absolute atomic E-state index is 0.207. The van der Waals surface area contributed by atoms with Crippen molar-refractivity contribution in [1.29, 1.82) is 0 Å². The van der Waals surface area contributed by atoms with Crippen molar-refractivity contribution in [1.82, 2.24) is 15.1 Å². The summed E-state index contributed by atoms with van der Waals surface area (Å²) < 4.78 is 1.99. The molecule has 0 fully saturated rings. The lowest BCUT2D eigenvalue weighted by atomic mass is 9.92. The molecule has 3 rings (SSSR count). The predicted molar refractivity (Wildman–Crippen MR) is 78.5 cm³/mol. The van der Waals surface area contributed by atoms with E-state index in [1.165, 1.54) is 17.7 Å². The van der Waals surface area contributed by atoms with Crippen LogP contribution in [0.25, 0.3) is 0 Å². The van der Waals surface area contributed by atoms with E-state index in [2.05, 4.69) is 17.3 Å². The number of rotatable bonds is 3. The van der Waals surface area contributed by atoms with Crippen LogP contribution in [0.1, 0.15) is 48.7 Å². The first-order valence-electron chi connectivity index (χ1n) is 7.21. The Morgan fingerprint density at radius 2 is 2.30 bits per heavy atom. The number of hydrogen-bond donors (Lipinski definition) is 2. The van der Waals surface area contributed by atoms with Crippen LogP contribution in [0.5, 0.6) is 5.75 Å². The molecule has 20 heavy (non-hydrogen) atoms. The molecule has 4 heteroatoms. The van der Waals surface area contributed by atoms with Gasteiger partial charge in [-0.05, 0) is 43.9 Å². The highest BCUT2D eigenvalue weighted by Crippen LogP contribution is 2.31. The third-order valence-corrected chi connectivity index (χ3v) is 4.20. The van der Waals surface area contributed by atoms with Crippen molar-refractivity contribution in [3.05, 3.63) is 47.3 Å². The minimum atomic E-state index is 0.207. The first-order valence-corrected chi connectivity index (χ1v) is 7.21. The summed E-state index contributed by atoms with van der Waals surface area (Å²) in [6, 6.07) is 8.02. The van der Waals surface area contributed by atoms with Gasteiger partial charge >= 0.3 is 0 Å². The number of nitrogens with zero attached hydrogens (tertiary/aromatic N) is 2. The zero-order valence-electron chi connectivity index (χ0n) is 12.0. The summed E-state index contributed by atoms with van der Waals surface area (Å²) in [6.45, 7) is 2.14. The molecule has 1 aromatic carbocycles. The average molecular weight is 271 g/mol. The molecule has 0 spiro atoms. The second-order valence-corrected chi connectivity index (χ2v) is 5.60. The third kappa shape index (κ3) is 2.43. The van der Waals surface area contributed by atoms with Gasteiger partial charge < -0.3 is 10.4 Å². The topological polar surface area (TPSA) is 50.1 Å². The summed E-state index contributed by atoms with van der Waals surface area (Å²) in [5.74, 6) is 0.321. The van der Waals surface area contributed by atoms with E-state index < -0.39 is 0 Å². The van der Waals surface area contributed by atoms with Gasteiger partial charge in [-0.25, -0.2) is 0 Å². The number of benzene rings is 1. The fourth-order valence-corrected chi connectivity index (χ4v) is 3.07. The van der Waals surface area contributed by atoms with E-state index in [9.17, 15) is 5.11 Å². The Kier molecular flexibility index (Phi) is 3.49. The lowest BCUT2D eigenvalue weighted by molar-refractivity contribution is 0.409. The van der Waals surface area contributed by atoms with Crippen LogP contribution < -0.4 is 5.32 Å². The molecule has 2 unspecified atom stereocenters. The Morgan fingerprint density at radius 3 is 3.10 bits per heavy atom. The van der Waals surface area contributed by atoms with Crippen molar-refractivity contribution in [2.45, 2.75) is 38.3 Å². The highest BCUT2D eigenvalue weighted by molar-refractivity contribution is 5.30. The van der Waals surface area contributed by atoms with E-state index in [1.807, 2.05) is 36.1 Å². The Bertz CT molecular complexity index is 606. The highest BCUT2D eigenvalue weighted by Gasteiger charge is 2.24. The van der Waals surface area contributed by atoms with Gasteiger partial charge in [0.1, 0.15) is 5.75 Å². The summed E-state index contributed by atoms with van der Waals surface area (Å²) in [7, 11) is 2.01. The number of aromatic hydroxyl groups is 1. The summed E-state index contributed by atoms with van der Waals surface area (Å²) in [4.78, 5) is 0. The first kappa shape index (κ1) is 13.2. The molecule has 2 N–H and O–H groups in total. The van der Waals surface area contributed by atoms with Crippen LogP contribution in [-0.4, -0.2) is 14.9 Å². The molecule has 1 aromatic heterocycles. The maximum atomic E-state index is 9.59. The number of aryl methyl sites for hydroxylation is 1. The standard InChI is InChI=1S/C16H21N3O/c1-11(12-5-3-6-13(20)9-12)18-15-7-4-8-16-14(15)10-17-19(16)2/h3,5-6,9-11,15,18,20H,4,7-8H2,1-2H3. The van der Waals surface area contributed by atoms with E-state index in [0.717, 1.165) is 18.4 Å². The van der Waals surface area contributed by atoms with Crippen molar-refractivity contribution in [2.75, 3.05) is 0 Å². The van der Waals surface area contributed by atoms with Gasteiger partial charge in [0.05, 0.1) is 6.20 Å². The van der Waals surface area contributed by atoms with Crippen LogP contribution in [0, 0.1) is 0 Å². The quantitative estimate of drug-likeness (QED) is 0.902. The number of fused-ring (bicyclic) bond motifs is 1. The van der Waals surface area contributed by atoms with Crippen molar-refractivity contribution >= 4 is 0 Å². The normalized spacial score (nSPS) is 19.6. The van der Waals surface area contributed by atoms with Gasteiger partial charge in [0.2, 0.25) is 0 Å². The number of hydrogen-bond acceptors (Lipinski definition) is 3. The van der Waals surface area contributed by atoms with Crippen molar-refractivity contribution in [3.63, 3.8) is 0 Å². The second kappa shape index (κ2) is 5.29. The second-order valence-electron chi connectivity index (χ2n) is 5.60. The molecular weight excluding hydrogens is 250 g/mol. The molecule has 0 saturated heterocycles. The zero-order valence-corrected chi connectivity index (χ0v) is 12.0. The molecule has 4 nitrogen and oxygen atoms in total. The number of phenols is 1. The van der Waals surface area contributed by atoms with E-state index in [1.54, 1.807) is 6.07 Å². The van der Waals surface area contributed by atoms with Gasteiger partial charge in [0.15, 0.2) is 0 Å². The van der Waals surface area contributed by atoms with Gasteiger partial charge in [-0.2, -0.15) is 5.10 Å². The Balaban J connectivity index is 1.78. The summed E-state index contributed by atoms with van der Waals surface area (Å²) in [5, 5.41) is 17.6. The molecule has 1 aliphatic rings. The molecule has 0 aliphatic heterocycles. The van der Waals surface area contributed by atoms with Gasteiger partial charge in [-0.1, -0.05) is 12.1 Å². The van der Waals surface area contributed by atoms with E-state index in [-0.39, 0.29) is 6.04 Å². The van der Waals surface area contributed by atoms with Crippen LogP contribution in [-0.2, 0) is 13.5 Å². The van der Waals surface area contributed by atoms with E-state index in [4.69, 9.17) is 0 Å². The van der Waals surface area contributed by atoms with Crippen LogP contribution in [0.3, 0.4) is 0 Å². The maximum absolute atomic E-state index is 9.59. The Morgan fingerprint density at radius 1 is 1.45 bits per heavy atom. The molecule has 0 amide bonds. The highest BCUT2D eigenvalue weighted by atomic mass is 16.3. The monoisotopic (exact) mass is 271 g/mol. The zero-order chi connectivity index (χ0) is 14.1. The number of phenolic OH excluding ortho intramolecular Hbond substituents is 1. The van der Waals surface area contributed by atoms with E-state index >= 15 is 0 Å². The molecule has 1 aliphatic carbocycles. The number of nitrogens with one attached hydrogen (secondary N) is 1. The van der Waals surface area contributed by atoms with Crippen molar-refractivity contribution < 1.29 is 5.11 Å². The summed E-state index contributed by atoms with van der Waals surface area (Å²) in [5.41, 5.74) is 3.78. The van der Waals surface area contributed by atoms with Crippen molar-refractivity contribution in [2.24, 2.45) is 7.05 Å². The van der Waals surface area contributed by atoms with Gasteiger partial charge in [-0.15, -0.1) is 0 Å². The molecular formula is C16H21N3O. The largest absolute Gasteiger partial charge is 0.508 e. The number of aromatic nitrogens is 2. The van der Waals surface area contributed by atoms with Crippen molar-refractivity contribution in [3.8, 4) is 5.75 Å². The van der Waals surface area contributed by atoms with Gasteiger partial charge in [0, 0.05) is 30.4 Å². The summed E-state index contributed by atoms with van der Waals surface area (Å²) in [6.07, 6.45) is 5.44. The maximum Gasteiger partial charge on any atom is 0.115 e. The van der Waals surface area contributed by atoms with Crippen LogP contribution in [0.2, 0.25) is 0 Å². The fourth-order valence-electron chi connectivity index (χ4n) is 3.07. The molecule has 0 radical (unpaired) electrons. The summed E-state index contributed by atoms with van der Waals surface area (Å²) >= 11 is 0. The first-order chi connectivity index (χ1) is 9.65. The molecule has 0 bridgehead atoms. The molecule has 0 saturated carbocycles. The van der Waals surface area contributed by atoms with Crippen LogP contribution >= 0.6 is 0 Å². The van der Waals surface area contributed by atoms with Crippen LogP contribution in [0.4, 0.5) is 0 Å². The van der Waals surface area contributed by atoms with Crippen LogP contribution in [0.15, 0.2) is 30.5 Å². The predicted octanol–water partition coefficient (Wildman–Crippen LogP) is 2.85. The van der Waals surface area contributed by atoms with Gasteiger partial charge in [-0.3, -0.25) is 4.68 Å². The lowest BCUT2D eigenvalue weighted by Crippen LogP contribution is -2.27. The fraction of sp³-hybridized carbons (Fsp3) is 0.438. The smallest absolute Gasteiger partial charge is 0.115 e. The lowest BCUT2D eigenvalue weighted by Gasteiger charge is -2.27. The molecule has 2 atom stereocenters.